The van der Waals surface area contributed by atoms with Crippen LogP contribution < -0.4 is 5.32 Å². The minimum absolute atomic E-state index is 0.0730. The molecular weight excluding hydrogens is 358 g/mol. The van der Waals surface area contributed by atoms with Gasteiger partial charge in [-0.1, -0.05) is 60.7 Å². The number of aromatic nitrogens is 1. The van der Waals surface area contributed by atoms with Crippen LogP contribution in [-0.4, -0.2) is 28.0 Å². The monoisotopic (exact) mass is 387 g/mol. The minimum atomic E-state index is -0.188. The smallest absolute Gasteiger partial charge is 0.237 e. The van der Waals surface area contributed by atoms with Crippen LogP contribution in [-0.2, 0) is 11.8 Å². The summed E-state index contributed by atoms with van der Waals surface area (Å²) in [7, 11) is 2.08. The molecule has 4 nitrogen and oxygen atoms in total. The topological polar surface area (TPSA) is 37.3 Å². The summed E-state index contributed by atoms with van der Waals surface area (Å²) in [6.07, 6.45) is 4.29. The highest BCUT2D eigenvalue weighted by molar-refractivity contribution is 5.82. The van der Waals surface area contributed by atoms with E-state index in [1.165, 1.54) is 5.69 Å². The number of carbonyl (C=O) groups is 1. The van der Waals surface area contributed by atoms with Crippen LogP contribution in [0, 0.1) is 0 Å². The molecule has 2 aromatic carbocycles. The van der Waals surface area contributed by atoms with Gasteiger partial charge in [0.25, 0.3) is 0 Å². The summed E-state index contributed by atoms with van der Waals surface area (Å²) in [4.78, 5) is 15.7. The summed E-state index contributed by atoms with van der Waals surface area (Å²) in [6, 6.07) is 24.6. The molecule has 0 bridgehead atoms. The highest BCUT2D eigenvalue weighted by atomic mass is 16.2. The van der Waals surface area contributed by atoms with Gasteiger partial charge >= 0.3 is 0 Å². The second kappa shape index (κ2) is 8.66. The van der Waals surface area contributed by atoms with Gasteiger partial charge < -0.3 is 9.88 Å². The van der Waals surface area contributed by atoms with Crippen molar-refractivity contribution in [3.05, 3.63) is 95.8 Å². The number of amides is 1. The van der Waals surface area contributed by atoms with Gasteiger partial charge in [0.15, 0.2) is 0 Å². The van der Waals surface area contributed by atoms with E-state index in [0.29, 0.717) is 6.04 Å². The van der Waals surface area contributed by atoms with E-state index in [0.717, 1.165) is 30.5 Å². The number of hydrogen-bond acceptors (Lipinski definition) is 2. The first-order chi connectivity index (χ1) is 14.1. The molecule has 1 aliphatic heterocycles. The zero-order valence-corrected chi connectivity index (χ0v) is 17.2. The second-order valence-electron chi connectivity index (χ2n) is 7.88. The average Bonchev–Trinajstić information content (AvgIpc) is 3.41. The highest BCUT2D eigenvalue weighted by Gasteiger charge is 2.34. The molecule has 0 aliphatic carbocycles. The van der Waals surface area contributed by atoms with Crippen molar-refractivity contribution >= 4 is 5.91 Å². The summed E-state index contributed by atoms with van der Waals surface area (Å²) in [5, 5.41) is 3.32. The van der Waals surface area contributed by atoms with E-state index in [9.17, 15) is 4.79 Å². The molecule has 1 amide bonds. The first-order valence-corrected chi connectivity index (χ1v) is 10.4. The maximum atomic E-state index is 13.3. The van der Waals surface area contributed by atoms with Crippen LogP contribution >= 0.6 is 0 Å². The average molecular weight is 388 g/mol. The number of rotatable bonds is 6. The predicted octanol–water partition coefficient (Wildman–Crippen LogP) is 4.46. The first-order valence-electron chi connectivity index (χ1n) is 10.4. The zero-order valence-electron chi connectivity index (χ0n) is 17.2. The van der Waals surface area contributed by atoms with Gasteiger partial charge in [-0.2, -0.15) is 0 Å². The van der Waals surface area contributed by atoms with Gasteiger partial charge in [-0.15, -0.1) is 0 Å². The van der Waals surface area contributed by atoms with Crippen LogP contribution in [0.1, 0.15) is 48.7 Å². The summed E-state index contributed by atoms with van der Waals surface area (Å²) in [6.45, 7) is 2.98. The number of nitrogens with one attached hydrogen (secondary N) is 1. The van der Waals surface area contributed by atoms with Gasteiger partial charge in [0, 0.05) is 18.9 Å². The van der Waals surface area contributed by atoms with Crippen molar-refractivity contribution in [1.82, 2.24) is 14.8 Å². The van der Waals surface area contributed by atoms with Crippen molar-refractivity contribution in [3.8, 4) is 0 Å². The molecule has 0 saturated carbocycles. The van der Waals surface area contributed by atoms with Gasteiger partial charge in [0.1, 0.15) is 0 Å². The van der Waals surface area contributed by atoms with Crippen LogP contribution in [0.15, 0.2) is 79.0 Å². The van der Waals surface area contributed by atoms with Gasteiger partial charge in [-0.25, -0.2) is 0 Å². The van der Waals surface area contributed by atoms with E-state index in [1.54, 1.807) is 0 Å². The lowest BCUT2D eigenvalue weighted by molar-refractivity contribution is -0.126. The van der Waals surface area contributed by atoms with Crippen molar-refractivity contribution in [2.45, 2.75) is 37.9 Å². The molecule has 2 heterocycles. The second-order valence-corrected chi connectivity index (χ2v) is 7.88. The maximum Gasteiger partial charge on any atom is 0.237 e. The summed E-state index contributed by atoms with van der Waals surface area (Å²) in [5.41, 5.74) is 3.48. The summed E-state index contributed by atoms with van der Waals surface area (Å²) >= 11 is 0. The summed E-state index contributed by atoms with van der Waals surface area (Å²) < 4.78 is 2.17. The molecule has 1 aromatic heterocycles. The van der Waals surface area contributed by atoms with Crippen LogP contribution in [0.4, 0.5) is 0 Å². The largest absolute Gasteiger partial charge is 0.353 e. The fourth-order valence-corrected chi connectivity index (χ4v) is 4.45. The van der Waals surface area contributed by atoms with Crippen LogP contribution in [0.2, 0.25) is 0 Å². The molecule has 4 heteroatoms. The number of likely N-dealkylation sites (tertiary alicyclic amines) is 1. The van der Waals surface area contributed by atoms with Gasteiger partial charge in [0.2, 0.25) is 5.91 Å². The SMILES string of the molecule is CC(C(=O)NC(c1ccccc1)c1ccccc1)N1CCCC1c1cccn1C. The standard InChI is InChI=1S/C25H29N3O/c1-19(28-18-10-16-23(28)22-15-9-17-27(22)2)25(29)26-24(20-11-5-3-6-12-20)21-13-7-4-8-14-21/h3-9,11-15,17,19,23-24H,10,16,18H2,1-2H3,(H,26,29). The van der Waals surface area contributed by atoms with Crippen LogP contribution in [0.5, 0.6) is 0 Å². The Kier molecular flexibility index (Phi) is 5.81. The Balaban J connectivity index is 1.55. The van der Waals surface area contributed by atoms with Crippen molar-refractivity contribution in [2.24, 2.45) is 7.05 Å². The van der Waals surface area contributed by atoms with Crippen molar-refractivity contribution in [1.29, 1.82) is 0 Å². The first kappa shape index (κ1) is 19.5. The molecule has 0 spiro atoms. The highest BCUT2D eigenvalue weighted by Crippen LogP contribution is 2.34. The van der Waals surface area contributed by atoms with Crippen LogP contribution in [0.3, 0.4) is 0 Å². The normalized spacial score (nSPS) is 18.1. The lowest BCUT2D eigenvalue weighted by Gasteiger charge is -2.31. The minimum Gasteiger partial charge on any atom is -0.353 e. The third kappa shape index (κ3) is 4.13. The zero-order chi connectivity index (χ0) is 20.2. The molecule has 1 saturated heterocycles. The Morgan fingerprint density at radius 3 is 2.14 bits per heavy atom. The Hall–Kier alpha value is -2.85. The lowest BCUT2D eigenvalue weighted by atomic mass is 9.98. The molecule has 1 N–H and O–H groups in total. The van der Waals surface area contributed by atoms with Gasteiger partial charge in [-0.05, 0) is 49.6 Å². The molecule has 2 atom stereocenters. The molecular formula is C25H29N3O. The van der Waals surface area contributed by atoms with Crippen molar-refractivity contribution in [3.63, 3.8) is 0 Å². The Bertz CT molecular complexity index is 895. The molecule has 1 fully saturated rings. The number of benzene rings is 2. The van der Waals surface area contributed by atoms with Crippen molar-refractivity contribution < 1.29 is 4.79 Å². The Morgan fingerprint density at radius 2 is 1.59 bits per heavy atom. The van der Waals surface area contributed by atoms with Gasteiger partial charge in [-0.3, -0.25) is 9.69 Å². The quantitative estimate of drug-likeness (QED) is 0.678. The van der Waals surface area contributed by atoms with E-state index in [2.05, 4.69) is 64.4 Å². The third-order valence-electron chi connectivity index (χ3n) is 6.05. The van der Waals surface area contributed by atoms with E-state index in [-0.39, 0.29) is 18.0 Å². The maximum absolute atomic E-state index is 13.3. The van der Waals surface area contributed by atoms with Gasteiger partial charge in [0.05, 0.1) is 18.1 Å². The molecule has 4 rings (SSSR count). The Labute approximate surface area is 173 Å². The predicted molar refractivity (Wildman–Crippen MR) is 116 cm³/mol. The number of aryl methyl sites for hydroxylation is 1. The molecule has 2 unspecified atom stereocenters. The van der Waals surface area contributed by atoms with E-state index in [4.69, 9.17) is 0 Å². The lowest BCUT2D eigenvalue weighted by Crippen LogP contribution is -2.46. The number of carbonyl (C=O) groups excluding carboxylic acids is 1. The van der Waals surface area contributed by atoms with E-state index in [1.807, 2.05) is 43.3 Å². The van der Waals surface area contributed by atoms with Crippen LogP contribution in [0.25, 0.3) is 0 Å². The third-order valence-corrected chi connectivity index (χ3v) is 6.05. The van der Waals surface area contributed by atoms with E-state index >= 15 is 0 Å². The molecule has 3 aromatic rings. The number of hydrogen-bond donors (Lipinski definition) is 1. The van der Waals surface area contributed by atoms with Crippen molar-refractivity contribution in [2.75, 3.05) is 6.54 Å². The molecule has 150 valence electrons. The molecule has 1 aliphatic rings. The summed E-state index contributed by atoms with van der Waals surface area (Å²) in [5.74, 6) is 0.0730. The molecule has 29 heavy (non-hydrogen) atoms. The fourth-order valence-electron chi connectivity index (χ4n) is 4.45. The Morgan fingerprint density at radius 1 is 0.966 bits per heavy atom. The number of nitrogens with zero attached hydrogens (tertiary/aromatic N) is 2. The van der Waals surface area contributed by atoms with E-state index < -0.39 is 0 Å². The fraction of sp³-hybridized carbons (Fsp3) is 0.320. The molecule has 0 radical (unpaired) electrons.